The summed E-state index contributed by atoms with van der Waals surface area (Å²) < 4.78 is 0. The van der Waals surface area contributed by atoms with Gasteiger partial charge in [-0.05, 0) is 5.41 Å². The van der Waals surface area contributed by atoms with Gasteiger partial charge in [-0.3, -0.25) is 14.9 Å². The van der Waals surface area contributed by atoms with E-state index in [1.807, 2.05) is 0 Å². The number of carboxylic acid groups (broad SMARTS) is 1. The van der Waals surface area contributed by atoms with Crippen molar-refractivity contribution in [2.45, 2.75) is 32.9 Å². The predicted octanol–water partition coefficient (Wildman–Crippen LogP) is -1.31. The highest BCUT2D eigenvalue weighted by molar-refractivity contribution is 5.89. The number of carbonyl (C=O) groups excluding carboxylic acids is 2. The Labute approximate surface area is 105 Å². The van der Waals surface area contributed by atoms with Crippen LogP contribution in [0.2, 0.25) is 0 Å². The Bertz CT molecular complexity index is 352. The molecule has 2 amide bonds. The molecule has 1 rings (SSSR count). The maximum Gasteiger partial charge on any atom is 0.326 e. The van der Waals surface area contributed by atoms with Gasteiger partial charge in [0.25, 0.3) is 0 Å². The van der Waals surface area contributed by atoms with Crippen LogP contribution in [0.5, 0.6) is 0 Å². The van der Waals surface area contributed by atoms with Gasteiger partial charge in [0.15, 0.2) is 0 Å². The largest absolute Gasteiger partial charge is 0.480 e. The summed E-state index contributed by atoms with van der Waals surface area (Å²) in [6.45, 7) is 5.44. The van der Waals surface area contributed by atoms with Gasteiger partial charge in [-0.2, -0.15) is 0 Å². The Morgan fingerprint density at radius 1 is 1.44 bits per heavy atom. The SMILES string of the molecule is CC(C)(C)C(NC(=O)C1CNC(=O)CN1)C(=O)O. The fourth-order valence-electron chi connectivity index (χ4n) is 1.64. The molecule has 0 aromatic heterocycles. The zero-order chi connectivity index (χ0) is 13.9. The number of nitrogens with one attached hydrogen (secondary N) is 3. The minimum absolute atomic E-state index is 0.0609. The Balaban J connectivity index is 2.62. The molecule has 1 aliphatic heterocycles. The first-order valence-electron chi connectivity index (χ1n) is 5.75. The highest BCUT2D eigenvalue weighted by Crippen LogP contribution is 2.19. The molecule has 1 fully saturated rings. The van der Waals surface area contributed by atoms with Crippen molar-refractivity contribution in [3.8, 4) is 0 Å². The van der Waals surface area contributed by atoms with E-state index < -0.39 is 29.4 Å². The van der Waals surface area contributed by atoms with Crippen molar-refractivity contribution in [1.82, 2.24) is 16.0 Å². The first-order chi connectivity index (χ1) is 8.21. The van der Waals surface area contributed by atoms with E-state index in [9.17, 15) is 14.4 Å². The van der Waals surface area contributed by atoms with E-state index in [0.29, 0.717) is 0 Å². The maximum absolute atomic E-state index is 11.9. The molecule has 7 heteroatoms. The van der Waals surface area contributed by atoms with Gasteiger partial charge < -0.3 is 15.7 Å². The molecule has 7 nitrogen and oxygen atoms in total. The molecule has 4 N–H and O–H groups in total. The standard InChI is InChI=1S/C11H19N3O4/c1-11(2,3)8(10(17)18)14-9(16)6-4-13-7(15)5-12-6/h6,8,12H,4-5H2,1-3H3,(H,13,15)(H,14,16)(H,17,18). The third-order valence-electron chi connectivity index (χ3n) is 2.73. The Hall–Kier alpha value is -1.63. The van der Waals surface area contributed by atoms with Crippen molar-refractivity contribution in [1.29, 1.82) is 0 Å². The lowest BCUT2D eigenvalue weighted by atomic mass is 9.86. The van der Waals surface area contributed by atoms with Crippen LogP contribution in [0.4, 0.5) is 0 Å². The minimum atomic E-state index is -1.07. The molecule has 2 atom stereocenters. The zero-order valence-corrected chi connectivity index (χ0v) is 10.7. The van der Waals surface area contributed by atoms with Crippen LogP contribution in [-0.4, -0.2) is 48.1 Å². The van der Waals surface area contributed by atoms with Gasteiger partial charge in [0.1, 0.15) is 12.1 Å². The summed E-state index contributed by atoms with van der Waals surface area (Å²) in [5.74, 6) is -1.67. The van der Waals surface area contributed by atoms with Crippen molar-refractivity contribution < 1.29 is 19.5 Å². The van der Waals surface area contributed by atoms with E-state index in [1.165, 1.54) is 0 Å². The summed E-state index contributed by atoms with van der Waals surface area (Å²) in [4.78, 5) is 33.9. The Kier molecular flexibility index (Phi) is 4.28. The molecule has 1 aliphatic rings. The quantitative estimate of drug-likeness (QED) is 0.502. The number of carboxylic acids is 1. The summed E-state index contributed by atoms with van der Waals surface area (Å²) in [6, 6.07) is -1.56. The Morgan fingerprint density at radius 3 is 2.44 bits per heavy atom. The smallest absolute Gasteiger partial charge is 0.326 e. The number of hydrogen-bond donors (Lipinski definition) is 4. The second kappa shape index (κ2) is 5.34. The van der Waals surface area contributed by atoms with E-state index in [0.717, 1.165) is 0 Å². The van der Waals surface area contributed by atoms with Crippen molar-refractivity contribution >= 4 is 17.8 Å². The number of hydrogen-bond acceptors (Lipinski definition) is 4. The Morgan fingerprint density at radius 2 is 2.06 bits per heavy atom. The van der Waals surface area contributed by atoms with E-state index in [-0.39, 0.29) is 19.0 Å². The second-order valence-electron chi connectivity index (χ2n) is 5.38. The third kappa shape index (κ3) is 3.69. The van der Waals surface area contributed by atoms with Gasteiger partial charge in [-0.15, -0.1) is 0 Å². The molecule has 2 unspecified atom stereocenters. The van der Waals surface area contributed by atoms with Gasteiger partial charge in [-0.1, -0.05) is 20.8 Å². The fraction of sp³-hybridized carbons (Fsp3) is 0.727. The van der Waals surface area contributed by atoms with E-state index in [4.69, 9.17) is 5.11 Å². The average Bonchev–Trinajstić information content (AvgIpc) is 2.24. The molecule has 0 aromatic rings. The van der Waals surface area contributed by atoms with Gasteiger partial charge in [-0.25, -0.2) is 4.79 Å². The summed E-state index contributed by atoms with van der Waals surface area (Å²) in [7, 11) is 0. The second-order valence-corrected chi connectivity index (χ2v) is 5.38. The van der Waals surface area contributed by atoms with Crippen LogP contribution in [0.15, 0.2) is 0 Å². The zero-order valence-electron chi connectivity index (χ0n) is 10.7. The molecule has 102 valence electrons. The summed E-state index contributed by atoms with van der Waals surface area (Å²) in [5.41, 5.74) is -0.584. The molecular formula is C11H19N3O4. The number of amides is 2. The molecule has 0 aliphatic carbocycles. The van der Waals surface area contributed by atoms with Crippen LogP contribution >= 0.6 is 0 Å². The summed E-state index contributed by atoms with van der Waals surface area (Å²) >= 11 is 0. The molecule has 0 spiro atoms. The normalized spacial score (nSPS) is 21.9. The van der Waals surface area contributed by atoms with Crippen LogP contribution in [0.1, 0.15) is 20.8 Å². The molecular weight excluding hydrogens is 238 g/mol. The monoisotopic (exact) mass is 257 g/mol. The van der Waals surface area contributed by atoms with Crippen LogP contribution in [0.25, 0.3) is 0 Å². The number of piperazine rings is 1. The molecule has 18 heavy (non-hydrogen) atoms. The average molecular weight is 257 g/mol. The molecule has 0 bridgehead atoms. The molecule has 1 heterocycles. The van der Waals surface area contributed by atoms with E-state index >= 15 is 0 Å². The maximum atomic E-state index is 11.9. The van der Waals surface area contributed by atoms with Crippen LogP contribution in [-0.2, 0) is 14.4 Å². The van der Waals surface area contributed by atoms with Gasteiger partial charge >= 0.3 is 5.97 Å². The van der Waals surface area contributed by atoms with Crippen LogP contribution < -0.4 is 16.0 Å². The van der Waals surface area contributed by atoms with Gasteiger partial charge in [0.2, 0.25) is 11.8 Å². The van der Waals surface area contributed by atoms with E-state index in [1.54, 1.807) is 20.8 Å². The molecule has 0 aromatic carbocycles. The minimum Gasteiger partial charge on any atom is -0.480 e. The third-order valence-corrected chi connectivity index (χ3v) is 2.73. The molecule has 1 saturated heterocycles. The van der Waals surface area contributed by atoms with Crippen LogP contribution in [0.3, 0.4) is 0 Å². The highest BCUT2D eigenvalue weighted by Gasteiger charge is 2.35. The predicted molar refractivity (Wildman–Crippen MR) is 63.8 cm³/mol. The topological polar surface area (TPSA) is 108 Å². The highest BCUT2D eigenvalue weighted by atomic mass is 16.4. The van der Waals surface area contributed by atoms with Gasteiger partial charge in [0, 0.05) is 6.54 Å². The molecule has 0 radical (unpaired) electrons. The first-order valence-corrected chi connectivity index (χ1v) is 5.75. The van der Waals surface area contributed by atoms with E-state index in [2.05, 4.69) is 16.0 Å². The molecule has 0 saturated carbocycles. The lowest BCUT2D eigenvalue weighted by molar-refractivity contribution is -0.145. The summed E-state index contributed by atoms with van der Waals surface area (Å²) in [6.07, 6.45) is 0. The summed E-state index contributed by atoms with van der Waals surface area (Å²) in [5, 5.41) is 16.9. The number of carbonyl (C=O) groups is 3. The van der Waals surface area contributed by atoms with Crippen molar-refractivity contribution in [3.63, 3.8) is 0 Å². The van der Waals surface area contributed by atoms with Crippen molar-refractivity contribution in [2.24, 2.45) is 5.41 Å². The number of rotatable bonds is 3. The lowest BCUT2D eigenvalue weighted by Gasteiger charge is -2.30. The van der Waals surface area contributed by atoms with Crippen molar-refractivity contribution in [3.05, 3.63) is 0 Å². The van der Waals surface area contributed by atoms with Gasteiger partial charge in [0.05, 0.1) is 6.54 Å². The van der Waals surface area contributed by atoms with Crippen LogP contribution in [0, 0.1) is 5.41 Å². The first kappa shape index (κ1) is 14.4. The fourth-order valence-corrected chi connectivity index (χ4v) is 1.64. The number of aliphatic carboxylic acids is 1. The van der Waals surface area contributed by atoms with Crippen molar-refractivity contribution in [2.75, 3.05) is 13.1 Å². The lowest BCUT2D eigenvalue weighted by Crippen LogP contribution is -2.61.